The lowest BCUT2D eigenvalue weighted by molar-refractivity contribution is 0.367. The highest BCUT2D eigenvalue weighted by molar-refractivity contribution is 6.92. The fraction of sp³-hybridized carbons (Fsp3) is 0.255. The lowest BCUT2D eigenvalue weighted by Gasteiger charge is -2.34. The van der Waals surface area contributed by atoms with Gasteiger partial charge < -0.3 is 4.74 Å². The van der Waals surface area contributed by atoms with Gasteiger partial charge in [-0.05, 0) is 105 Å². The molecule has 0 amide bonds. The Morgan fingerprint density at radius 1 is 0.585 bits per heavy atom. The number of aryl methyl sites for hydroxylation is 3. The van der Waals surface area contributed by atoms with E-state index in [2.05, 4.69) is 168 Å². The van der Waals surface area contributed by atoms with E-state index in [4.69, 9.17) is 4.74 Å². The first-order valence-corrected chi connectivity index (χ1v) is 22.8. The summed E-state index contributed by atoms with van der Waals surface area (Å²) in [6.45, 7) is 16.4. The Morgan fingerprint density at radius 3 is 1.58 bits per heavy atom. The molecule has 1 nitrogen and oxygen atoms in total. The van der Waals surface area contributed by atoms with E-state index in [9.17, 15) is 0 Å². The predicted octanol–water partition coefficient (Wildman–Crippen LogP) is 13.5. The molecule has 268 valence electrons. The molecule has 53 heavy (non-hydrogen) atoms. The Kier molecular flexibility index (Phi) is 11.0. The quantitative estimate of drug-likeness (QED) is 0.0808. The summed E-state index contributed by atoms with van der Waals surface area (Å²) >= 11 is 0. The minimum absolute atomic E-state index is 0.233. The van der Waals surface area contributed by atoms with Gasteiger partial charge in [-0.25, -0.2) is 0 Å². The summed E-state index contributed by atoms with van der Waals surface area (Å²) in [5.74, 6) is 1.01. The van der Waals surface area contributed by atoms with Crippen LogP contribution in [-0.2, 0) is 12.8 Å². The van der Waals surface area contributed by atoms with Gasteiger partial charge in [-0.1, -0.05) is 179 Å². The maximum atomic E-state index is 6.73. The Hall–Kier alpha value is -4.92. The molecule has 6 aromatic carbocycles. The first-order chi connectivity index (χ1) is 25.8. The maximum Gasteiger partial charge on any atom is 0.126 e. The van der Waals surface area contributed by atoms with Crippen molar-refractivity contribution in [1.82, 2.24) is 0 Å². The molecule has 0 saturated carbocycles. The van der Waals surface area contributed by atoms with Crippen molar-refractivity contribution >= 4 is 13.3 Å². The van der Waals surface area contributed by atoms with E-state index in [0.29, 0.717) is 6.61 Å². The van der Waals surface area contributed by atoms with E-state index in [1.807, 2.05) is 6.08 Å². The number of unbranched alkanes of at least 4 members (excludes halogenated alkanes) is 2. The van der Waals surface area contributed by atoms with E-state index in [0.717, 1.165) is 24.2 Å². The molecule has 2 heteroatoms. The summed E-state index contributed by atoms with van der Waals surface area (Å²) in [7, 11) is -2.39. The smallest absolute Gasteiger partial charge is 0.126 e. The number of hydrogen-bond donors (Lipinski definition) is 0. The molecule has 1 aliphatic rings. The summed E-state index contributed by atoms with van der Waals surface area (Å²) in [5.41, 5.74) is 17.4. The molecule has 0 atom stereocenters. The molecule has 7 rings (SSSR count). The Balaban J connectivity index is 1.39. The van der Waals surface area contributed by atoms with Crippen LogP contribution in [-0.4, -0.2) is 14.7 Å². The molecule has 6 aromatic rings. The second-order valence-corrected chi connectivity index (χ2v) is 20.1. The number of hydrogen-bond acceptors (Lipinski definition) is 1. The predicted molar refractivity (Wildman–Crippen MR) is 231 cm³/mol. The van der Waals surface area contributed by atoms with Gasteiger partial charge in [0.15, 0.2) is 0 Å². The molecule has 0 fully saturated rings. The Bertz CT molecular complexity index is 2090. The fourth-order valence-electron chi connectivity index (χ4n) is 8.42. The lowest BCUT2D eigenvalue weighted by atomic mass is 9.97. The maximum absolute atomic E-state index is 6.73. The number of ether oxygens (including phenoxy) is 1. The first-order valence-electron chi connectivity index (χ1n) is 19.7. The third-order valence-corrected chi connectivity index (χ3v) is 15.1. The van der Waals surface area contributed by atoms with Crippen molar-refractivity contribution < 1.29 is 4.74 Å². The highest BCUT2D eigenvalue weighted by Crippen LogP contribution is 2.52. The minimum Gasteiger partial charge on any atom is -0.489 e. The average Bonchev–Trinajstić information content (AvgIpc) is 3.53. The van der Waals surface area contributed by atoms with Gasteiger partial charge in [0.25, 0.3) is 0 Å². The van der Waals surface area contributed by atoms with Gasteiger partial charge in [-0.2, -0.15) is 0 Å². The van der Waals surface area contributed by atoms with Crippen molar-refractivity contribution in [3.63, 3.8) is 0 Å². The van der Waals surface area contributed by atoms with Crippen LogP contribution in [0.2, 0.25) is 13.1 Å². The Morgan fingerprint density at radius 2 is 1.09 bits per heavy atom. The summed E-state index contributed by atoms with van der Waals surface area (Å²) < 4.78 is 6.73. The van der Waals surface area contributed by atoms with Crippen molar-refractivity contribution in [2.45, 2.75) is 77.9 Å². The topological polar surface area (TPSA) is 9.23 Å². The highest BCUT2D eigenvalue weighted by atomic mass is 28.3. The van der Waals surface area contributed by atoms with Crippen LogP contribution in [0, 0.1) is 6.92 Å². The summed E-state index contributed by atoms with van der Waals surface area (Å²) in [6.07, 6.45) is 9.03. The van der Waals surface area contributed by atoms with Crippen molar-refractivity contribution in [3.8, 4) is 50.3 Å². The zero-order valence-electron chi connectivity index (χ0n) is 32.3. The third kappa shape index (κ3) is 7.48. The van der Waals surface area contributed by atoms with Crippen LogP contribution in [0.3, 0.4) is 0 Å². The van der Waals surface area contributed by atoms with Gasteiger partial charge in [0.05, 0.1) is 8.07 Å². The van der Waals surface area contributed by atoms with Gasteiger partial charge in [-0.3, -0.25) is 0 Å². The van der Waals surface area contributed by atoms with Crippen LogP contribution in [0.5, 0.6) is 5.75 Å². The molecular weight excluding hydrogens is 657 g/mol. The van der Waals surface area contributed by atoms with Crippen LogP contribution in [0.4, 0.5) is 0 Å². The van der Waals surface area contributed by atoms with Crippen LogP contribution in [0.25, 0.3) is 44.5 Å². The number of benzene rings is 6. The second kappa shape index (κ2) is 16.0. The molecular formula is C51H54OSi. The molecule has 0 heterocycles. The standard InChI is InChI=1S/C51H54OSi/c1-7-10-15-37-19-23-39(24-20-37)42-27-29-44-45-30-28-43(40-25-21-38(22-26-40)16-11-8-2)35-48(45)51(47(44)34-42)53(5,6)49-33-36(4)32-46(50(49)52-31-9-3)41-17-13-12-14-18-41/h9,12-14,17-30,32-35,51H,3,7-8,10-11,15-16,31H2,1-2,4-6H3. The lowest BCUT2D eigenvalue weighted by Crippen LogP contribution is -2.48. The SMILES string of the molecule is C=CCOc1c(-c2ccccc2)cc(C)cc1[Si](C)(C)C1c2cc(-c3ccc(CCCC)cc3)ccc2-c2ccc(-c3ccc(CCCC)cc3)cc21. The monoisotopic (exact) mass is 710 g/mol. The van der Waals surface area contributed by atoms with E-state index in [-0.39, 0.29) is 5.54 Å². The van der Waals surface area contributed by atoms with E-state index in [1.54, 1.807) is 0 Å². The molecule has 0 spiro atoms. The normalized spacial score (nSPS) is 12.4. The molecule has 0 aliphatic heterocycles. The van der Waals surface area contributed by atoms with E-state index < -0.39 is 8.07 Å². The third-order valence-electron chi connectivity index (χ3n) is 11.3. The van der Waals surface area contributed by atoms with Gasteiger partial charge in [-0.15, -0.1) is 0 Å². The second-order valence-electron chi connectivity index (χ2n) is 15.5. The van der Waals surface area contributed by atoms with Gasteiger partial charge in [0.2, 0.25) is 0 Å². The molecule has 1 aliphatic carbocycles. The van der Waals surface area contributed by atoms with Crippen LogP contribution in [0.15, 0.2) is 140 Å². The van der Waals surface area contributed by atoms with Crippen LogP contribution >= 0.6 is 0 Å². The number of fused-ring (bicyclic) bond motifs is 3. The number of rotatable bonds is 14. The molecule has 0 unspecified atom stereocenters. The van der Waals surface area contributed by atoms with Crippen molar-refractivity contribution in [1.29, 1.82) is 0 Å². The summed E-state index contributed by atoms with van der Waals surface area (Å²) in [6, 6.07) is 48.5. The molecule has 0 saturated heterocycles. The summed E-state index contributed by atoms with van der Waals surface area (Å²) in [4.78, 5) is 0. The van der Waals surface area contributed by atoms with E-state index in [1.165, 1.54) is 97.6 Å². The average molecular weight is 711 g/mol. The van der Waals surface area contributed by atoms with Crippen molar-refractivity contribution in [2.75, 3.05) is 6.61 Å². The minimum atomic E-state index is -2.39. The largest absolute Gasteiger partial charge is 0.489 e. The zero-order chi connectivity index (χ0) is 37.0. The molecule has 0 bridgehead atoms. The Labute approximate surface area is 319 Å². The first kappa shape index (κ1) is 36.4. The molecule has 0 N–H and O–H groups in total. The molecule has 0 aromatic heterocycles. The fourth-order valence-corrected chi connectivity index (χ4v) is 12.2. The van der Waals surface area contributed by atoms with Crippen LogP contribution in [0.1, 0.15) is 72.9 Å². The summed E-state index contributed by atoms with van der Waals surface area (Å²) in [5, 5.41) is 1.36. The van der Waals surface area contributed by atoms with Crippen molar-refractivity contribution in [3.05, 3.63) is 168 Å². The van der Waals surface area contributed by atoms with Crippen LogP contribution < -0.4 is 9.92 Å². The molecule has 0 radical (unpaired) electrons. The highest BCUT2D eigenvalue weighted by Gasteiger charge is 2.44. The zero-order valence-corrected chi connectivity index (χ0v) is 33.3. The van der Waals surface area contributed by atoms with E-state index >= 15 is 0 Å². The van der Waals surface area contributed by atoms with Crippen molar-refractivity contribution in [2.24, 2.45) is 0 Å². The van der Waals surface area contributed by atoms with Gasteiger partial charge in [0, 0.05) is 11.1 Å². The van der Waals surface area contributed by atoms with Gasteiger partial charge in [0.1, 0.15) is 12.4 Å². The van der Waals surface area contributed by atoms with Gasteiger partial charge >= 0.3 is 0 Å².